The Morgan fingerprint density at radius 1 is 1.27 bits per heavy atom. The Hall–Kier alpha value is -2.42. The van der Waals surface area contributed by atoms with Gasteiger partial charge in [-0.15, -0.1) is 0 Å². The van der Waals surface area contributed by atoms with Gasteiger partial charge >= 0.3 is 0 Å². The third kappa shape index (κ3) is 4.08. The molecule has 3 aliphatic heterocycles. The fraction of sp³-hybridized carbons (Fsp3) is 0.571. The van der Waals surface area contributed by atoms with Crippen molar-refractivity contribution in [2.24, 2.45) is 0 Å². The van der Waals surface area contributed by atoms with Crippen molar-refractivity contribution in [2.45, 2.75) is 43.7 Å². The van der Waals surface area contributed by atoms with Gasteiger partial charge in [0.25, 0.3) is 0 Å². The van der Waals surface area contributed by atoms with Crippen molar-refractivity contribution in [1.29, 1.82) is 0 Å². The number of para-hydroxylation sites is 1. The maximum absolute atomic E-state index is 12.7. The molecule has 2 atom stereocenters. The molecule has 0 aliphatic carbocycles. The number of sulfone groups is 1. The Bertz CT molecular complexity index is 991. The number of fused-ring (bicyclic) bond motifs is 1. The summed E-state index contributed by atoms with van der Waals surface area (Å²) in [5, 5.41) is 0. The average molecular weight is 435 g/mol. The van der Waals surface area contributed by atoms with Crippen LogP contribution >= 0.6 is 0 Å². The maximum Gasteiger partial charge on any atom is 0.242 e. The molecule has 0 N–H and O–H groups in total. The highest BCUT2D eigenvalue weighted by Crippen LogP contribution is 2.39. The summed E-state index contributed by atoms with van der Waals surface area (Å²) < 4.78 is 29.6. The molecule has 1 spiro atoms. The predicted molar refractivity (Wildman–Crippen MR) is 109 cm³/mol. The molecule has 2 unspecified atom stereocenters. The molecule has 0 radical (unpaired) electrons. The van der Waals surface area contributed by atoms with Gasteiger partial charge in [-0.25, -0.2) is 8.42 Å². The predicted octanol–water partition coefficient (Wildman–Crippen LogP) is 1.05. The summed E-state index contributed by atoms with van der Waals surface area (Å²) in [4.78, 5) is 40.9. The van der Waals surface area contributed by atoms with Gasteiger partial charge in [0.1, 0.15) is 11.4 Å². The smallest absolute Gasteiger partial charge is 0.242 e. The standard InChI is InChI=1S/C21H26N2O6S/c1-22(15-7-11-30(27,28)14-15)20(26)13-23-10-9-21(8-6-19(23)25)12-17(24)16-4-2-3-5-18(16)29-21/h2-5,15H,6-14H2,1H3. The van der Waals surface area contributed by atoms with Crippen molar-refractivity contribution in [1.82, 2.24) is 9.80 Å². The summed E-state index contributed by atoms with van der Waals surface area (Å²) in [5.41, 5.74) is -0.163. The van der Waals surface area contributed by atoms with E-state index >= 15 is 0 Å². The van der Waals surface area contributed by atoms with Gasteiger partial charge in [0.2, 0.25) is 11.8 Å². The molecule has 4 rings (SSSR count). The normalized spacial score (nSPS) is 28.0. The van der Waals surface area contributed by atoms with Crippen LogP contribution in [-0.4, -0.2) is 79.1 Å². The first-order valence-electron chi connectivity index (χ1n) is 10.2. The van der Waals surface area contributed by atoms with Crippen molar-refractivity contribution in [3.8, 4) is 5.75 Å². The molecule has 2 fully saturated rings. The minimum Gasteiger partial charge on any atom is -0.486 e. The van der Waals surface area contributed by atoms with Crippen LogP contribution in [0.5, 0.6) is 5.75 Å². The molecule has 8 nitrogen and oxygen atoms in total. The van der Waals surface area contributed by atoms with E-state index in [1.807, 2.05) is 6.07 Å². The van der Waals surface area contributed by atoms with Gasteiger partial charge in [0.05, 0.1) is 30.0 Å². The lowest BCUT2D eigenvalue weighted by molar-refractivity contribution is -0.140. The van der Waals surface area contributed by atoms with Crippen molar-refractivity contribution in [3.63, 3.8) is 0 Å². The lowest BCUT2D eigenvalue weighted by Crippen LogP contribution is -2.46. The number of carbonyl (C=O) groups excluding carboxylic acids is 3. The highest BCUT2D eigenvalue weighted by Gasteiger charge is 2.43. The molecule has 9 heteroatoms. The molecule has 0 saturated carbocycles. The molecular weight excluding hydrogens is 408 g/mol. The van der Waals surface area contributed by atoms with Crippen LogP contribution in [0.4, 0.5) is 0 Å². The van der Waals surface area contributed by atoms with Gasteiger partial charge in [-0.05, 0) is 25.0 Å². The third-order valence-corrected chi connectivity index (χ3v) is 8.21. The van der Waals surface area contributed by atoms with Crippen LogP contribution in [-0.2, 0) is 19.4 Å². The Balaban J connectivity index is 1.42. The van der Waals surface area contributed by atoms with Crippen LogP contribution in [0.2, 0.25) is 0 Å². The minimum atomic E-state index is -3.09. The van der Waals surface area contributed by atoms with Crippen LogP contribution < -0.4 is 4.74 Å². The molecule has 0 bridgehead atoms. The number of likely N-dealkylation sites (tertiary alicyclic amines) is 1. The molecular formula is C21H26N2O6S. The van der Waals surface area contributed by atoms with Crippen molar-refractivity contribution >= 4 is 27.4 Å². The highest BCUT2D eigenvalue weighted by molar-refractivity contribution is 7.91. The molecule has 3 aliphatic rings. The first kappa shape index (κ1) is 20.8. The van der Waals surface area contributed by atoms with Crippen LogP contribution in [0.15, 0.2) is 24.3 Å². The Kier molecular flexibility index (Phi) is 5.34. The number of Topliss-reactive ketones (excluding diaryl/α,β-unsaturated/α-hetero) is 1. The van der Waals surface area contributed by atoms with Crippen LogP contribution in [0.3, 0.4) is 0 Å². The average Bonchev–Trinajstić information content (AvgIpc) is 3.01. The molecule has 1 aromatic carbocycles. The number of amides is 2. The number of ketones is 1. The summed E-state index contributed by atoms with van der Waals surface area (Å²) >= 11 is 0. The molecule has 2 saturated heterocycles. The minimum absolute atomic E-state index is 0.0102. The zero-order chi connectivity index (χ0) is 21.5. The Morgan fingerprint density at radius 3 is 2.77 bits per heavy atom. The molecule has 0 aromatic heterocycles. The maximum atomic E-state index is 12.7. The van der Waals surface area contributed by atoms with E-state index < -0.39 is 15.4 Å². The fourth-order valence-corrected chi connectivity index (χ4v) is 6.30. The summed E-state index contributed by atoms with van der Waals surface area (Å²) in [6, 6.07) is 6.79. The molecule has 30 heavy (non-hydrogen) atoms. The van der Waals surface area contributed by atoms with Gasteiger partial charge in [-0.1, -0.05) is 12.1 Å². The Labute approximate surface area is 176 Å². The second-order valence-corrected chi connectivity index (χ2v) is 10.7. The van der Waals surface area contributed by atoms with E-state index in [9.17, 15) is 22.8 Å². The van der Waals surface area contributed by atoms with Gasteiger partial charge in [-0.2, -0.15) is 0 Å². The lowest BCUT2D eigenvalue weighted by Gasteiger charge is -2.37. The second-order valence-electron chi connectivity index (χ2n) is 8.51. The number of likely N-dealkylation sites (N-methyl/N-ethyl adjacent to an activating group) is 1. The van der Waals surface area contributed by atoms with E-state index in [1.54, 1.807) is 25.2 Å². The summed E-state index contributed by atoms with van der Waals surface area (Å²) in [6.45, 7) is 0.226. The largest absolute Gasteiger partial charge is 0.486 e. The van der Waals surface area contributed by atoms with Gasteiger partial charge < -0.3 is 14.5 Å². The quantitative estimate of drug-likeness (QED) is 0.705. The van der Waals surface area contributed by atoms with E-state index in [0.717, 1.165) is 0 Å². The number of hydrogen-bond donors (Lipinski definition) is 0. The molecule has 1 aromatic rings. The van der Waals surface area contributed by atoms with Crippen molar-refractivity contribution in [3.05, 3.63) is 29.8 Å². The summed E-state index contributed by atoms with van der Waals surface area (Å²) in [7, 11) is -1.50. The monoisotopic (exact) mass is 434 g/mol. The molecule has 162 valence electrons. The number of ether oxygens (including phenoxy) is 1. The summed E-state index contributed by atoms with van der Waals surface area (Å²) in [6.07, 6.45) is 1.74. The molecule has 2 amide bonds. The SMILES string of the molecule is CN(C(=O)CN1CCC2(CCC1=O)CC(=O)c1ccccc1O2)C1CCS(=O)(=O)C1. The third-order valence-electron chi connectivity index (χ3n) is 6.46. The number of nitrogens with zero attached hydrogens (tertiary/aromatic N) is 2. The van der Waals surface area contributed by atoms with Gasteiger partial charge in [0, 0.05) is 32.5 Å². The van der Waals surface area contributed by atoms with E-state index in [-0.39, 0.29) is 54.5 Å². The highest BCUT2D eigenvalue weighted by atomic mass is 32.2. The topological polar surface area (TPSA) is 101 Å². The number of benzene rings is 1. The van der Waals surface area contributed by atoms with Crippen LogP contribution in [0.25, 0.3) is 0 Å². The van der Waals surface area contributed by atoms with E-state index in [2.05, 4.69) is 0 Å². The molecule has 3 heterocycles. The Morgan fingerprint density at radius 2 is 2.03 bits per heavy atom. The zero-order valence-electron chi connectivity index (χ0n) is 17.0. The van der Waals surface area contributed by atoms with Gasteiger partial charge in [0.15, 0.2) is 15.6 Å². The van der Waals surface area contributed by atoms with Crippen LogP contribution in [0, 0.1) is 0 Å². The fourth-order valence-electron chi connectivity index (χ4n) is 4.53. The van der Waals surface area contributed by atoms with Gasteiger partial charge in [-0.3, -0.25) is 14.4 Å². The van der Waals surface area contributed by atoms with Crippen LogP contribution in [0.1, 0.15) is 42.5 Å². The van der Waals surface area contributed by atoms with Crippen molar-refractivity contribution < 1.29 is 27.5 Å². The van der Waals surface area contributed by atoms with E-state index in [1.165, 1.54) is 9.80 Å². The lowest BCUT2D eigenvalue weighted by atomic mass is 9.84. The number of carbonyl (C=O) groups is 3. The zero-order valence-corrected chi connectivity index (χ0v) is 17.8. The first-order valence-corrected chi connectivity index (χ1v) is 12.1. The van der Waals surface area contributed by atoms with E-state index in [0.29, 0.717) is 37.1 Å². The summed E-state index contributed by atoms with van der Waals surface area (Å²) in [5.74, 6) is 0.202. The van der Waals surface area contributed by atoms with Crippen molar-refractivity contribution in [2.75, 3.05) is 31.6 Å². The number of rotatable bonds is 3. The van der Waals surface area contributed by atoms with E-state index in [4.69, 9.17) is 4.74 Å². The number of hydrogen-bond acceptors (Lipinski definition) is 6. The second kappa shape index (κ2) is 7.68. The first-order chi connectivity index (χ1) is 14.2.